The predicted molar refractivity (Wildman–Crippen MR) is 100 cm³/mol. The van der Waals surface area contributed by atoms with E-state index in [0.29, 0.717) is 16.6 Å². The minimum Gasteiger partial charge on any atom is -0.479 e. The number of rotatable bonds is 7. The van der Waals surface area contributed by atoms with Crippen molar-refractivity contribution in [2.45, 2.75) is 19.6 Å². The summed E-state index contributed by atoms with van der Waals surface area (Å²) in [7, 11) is 0. The molecule has 0 radical (unpaired) electrons. The van der Waals surface area contributed by atoms with Crippen molar-refractivity contribution >= 4 is 17.5 Å². The average Bonchev–Trinajstić information content (AvgIpc) is 3.19. The number of benzene rings is 1. The highest BCUT2D eigenvalue weighted by Gasteiger charge is 2.15. The number of nitrogens with zero attached hydrogens (tertiary/aromatic N) is 4. The Morgan fingerprint density at radius 3 is 2.81 bits per heavy atom. The van der Waals surface area contributed by atoms with Crippen LogP contribution in [0.2, 0.25) is 5.02 Å². The lowest BCUT2D eigenvalue weighted by Crippen LogP contribution is -2.39. The van der Waals surface area contributed by atoms with Crippen LogP contribution in [0.5, 0.6) is 5.75 Å². The number of hydrogen-bond acceptors (Lipinski definition) is 5. The van der Waals surface area contributed by atoms with Gasteiger partial charge in [-0.1, -0.05) is 23.7 Å². The molecule has 0 aliphatic heterocycles. The molecular weight excluding hydrogens is 370 g/mol. The molecule has 27 heavy (non-hydrogen) atoms. The number of amides is 1. The molecule has 8 nitrogen and oxygen atoms in total. The Hall–Kier alpha value is -3.13. The van der Waals surface area contributed by atoms with Crippen molar-refractivity contribution in [3.63, 3.8) is 0 Å². The zero-order valence-electron chi connectivity index (χ0n) is 14.6. The largest absolute Gasteiger partial charge is 0.479 e. The highest BCUT2D eigenvalue weighted by atomic mass is 35.5. The van der Waals surface area contributed by atoms with E-state index in [1.807, 2.05) is 0 Å². The van der Waals surface area contributed by atoms with Crippen molar-refractivity contribution in [2.24, 2.45) is 0 Å². The second-order valence-corrected chi connectivity index (χ2v) is 6.09. The Balaban J connectivity index is 1.56. The van der Waals surface area contributed by atoms with Gasteiger partial charge in [-0.05, 0) is 31.2 Å². The van der Waals surface area contributed by atoms with Gasteiger partial charge in [-0.25, -0.2) is 9.36 Å². The van der Waals surface area contributed by atoms with E-state index in [1.165, 1.54) is 10.7 Å². The zero-order chi connectivity index (χ0) is 19.2. The lowest BCUT2D eigenvalue weighted by Gasteiger charge is -2.15. The molecule has 1 N–H and O–H groups in total. The third-order valence-electron chi connectivity index (χ3n) is 3.72. The molecule has 2 heterocycles. The summed E-state index contributed by atoms with van der Waals surface area (Å²) >= 11 is 6.02. The van der Waals surface area contributed by atoms with Crippen LogP contribution in [-0.4, -0.2) is 38.1 Å². The fraction of sp³-hybridized carbons (Fsp3) is 0.222. The number of hydrogen-bond donors (Lipinski definition) is 1. The van der Waals surface area contributed by atoms with Gasteiger partial charge < -0.3 is 10.1 Å². The summed E-state index contributed by atoms with van der Waals surface area (Å²) in [4.78, 5) is 24.1. The van der Waals surface area contributed by atoms with Crippen LogP contribution in [0.15, 0.2) is 59.7 Å². The fourth-order valence-corrected chi connectivity index (χ4v) is 2.52. The number of halogens is 1. The van der Waals surface area contributed by atoms with Crippen LogP contribution >= 0.6 is 11.6 Å². The second kappa shape index (κ2) is 8.50. The Morgan fingerprint density at radius 2 is 2.07 bits per heavy atom. The average molecular weight is 388 g/mol. The smallest absolute Gasteiger partial charge is 0.266 e. The first-order valence-electron chi connectivity index (χ1n) is 8.31. The van der Waals surface area contributed by atoms with E-state index in [9.17, 15) is 9.59 Å². The molecule has 0 saturated carbocycles. The van der Waals surface area contributed by atoms with E-state index < -0.39 is 6.10 Å². The maximum atomic E-state index is 12.2. The topological polar surface area (TPSA) is 91.0 Å². The van der Waals surface area contributed by atoms with Gasteiger partial charge in [-0.3, -0.25) is 9.59 Å². The molecule has 0 fully saturated rings. The molecule has 3 aromatic rings. The van der Waals surface area contributed by atoms with Crippen LogP contribution < -0.4 is 15.6 Å². The predicted octanol–water partition coefficient (Wildman–Crippen LogP) is 1.67. The summed E-state index contributed by atoms with van der Waals surface area (Å²) in [6.45, 7) is 2.07. The summed E-state index contributed by atoms with van der Waals surface area (Å²) in [5.74, 6) is 0.638. The van der Waals surface area contributed by atoms with Crippen molar-refractivity contribution in [1.29, 1.82) is 0 Å². The van der Waals surface area contributed by atoms with Gasteiger partial charge in [-0.2, -0.15) is 5.10 Å². The summed E-state index contributed by atoms with van der Waals surface area (Å²) in [5, 5.41) is 11.5. The molecule has 2 aromatic heterocycles. The lowest BCUT2D eigenvalue weighted by molar-refractivity contribution is -0.127. The highest BCUT2D eigenvalue weighted by molar-refractivity contribution is 6.32. The van der Waals surface area contributed by atoms with Gasteiger partial charge in [-0.15, -0.1) is 5.10 Å². The van der Waals surface area contributed by atoms with E-state index in [2.05, 4.69) is 15.5 Å². The van der Waals surface area contributed by atoms with Gasteiger partial charge in [0.25, 0.3) is 11.5 Å². The molecule has 1 atom stereocenters. The van der Waals surface area contributed by atoms with Gasteiger partial charge in [0.2, 0.25) is 0 Å². The quantitative estimate of drug-likeness (QED) is 0.665. The van der Waals surface area contributed by atoms with Crippen LogP contribution in [0.3, 0.4) is 0 Å². The van der Waals surface area contributed by atoms with Crippen molar-refractivity contribution in [2.75, 3.05) is 6.54 Å². The van der Waals surface area contributed by atoms with E-state index in [0.717, 1.165) is 0 Å². The van der Waals surface area contributed by atoms with Gasteiger partial charge >= 0.3 is 0 Å². The summed E-state index contributed by atoms with van der Waals surface area (Å²) in [5.41, 5.74) is -0.263. The molecule has 0 aliphatic rings. The van der Waals surface area contributed by atoms with Crippen molar-refractivity contribution < 1.29 is 9.53 Å². The number of carbonyl (C=O) groups is 1. The first-order valence-corrected chi connectivity index (χ1v) is 8.69. The normalized spacial score (nSPS) is 11.8. The fourth-order valence-electron chi connectivity index (χ4n) is 2.34. The second-order valence-electron chi connectivity index (χ2n) is 5.69. The monoisotopic (exact) mass is 387 g/mol. The number of carbonyl (C=O) groups excluding carboxylic acids is 1. The van der Waals surface area contributed by atoms with Crippen LogP contribution in [0.4, 0.5) is 0 Å². The van der Waals surface area contributed by atoms with Gasteiger partial charge in [0, 0.05) is 25.0 Å². The molecule has 140 valence electrons. The van der Waals surface area contributed by atoms with Gasteiger partial charge in [0.05, 0.1) is 11.6 Å². The number of nitrogens with one attached hydrogen (secondary N) is 1. The Labute approximate surface area is 160 Å². The number of para-hydroxylation sites is 1. The molecule has 0 saturated heterocycles. The molecule has 0 bridgehead atoms. The molecule has 0 spiro atoms. The first kappa shape index (κ1) is 18.7. The SMILES string of the molecule is C[C@@H](Oc1ccccc1Cl)C(=O)NCCn1nc(-n2cccn2)ccc1=O. The first-order chi connectivity index (χ1) is 13.0. The van der Waals surface area contributed by atoms with Crippen LogP contribution in [-0.2, 0) is 11.3 Å². The maximum Gasteiger partial charge on any atom is 0.266 e. The van der Waals surface area contributed by atoms with E-state index in [-0.39, 0.29) is 24.6 Å². The van der Waals surface area contributed by atoms with Crippen molar-refractivity contribution in [3.05, 3.63) is 70.2 Å². The van der Waals surface area contributed by atoms with Crippen LogP contribution in [0.25, 0.3) is 5.82 Å². The van der Waals surface area contributed by atoms with E-state index in [1.54, 1.807) is 60.4 Å². The summed E-state index contributed by atoms with van der Waals surface area (Å²) in [6, 6.07) is 11.7. The minimum absolute atomic E-state index is 0.221. The summed E-state index contributed by atoms with van der Waals surface area (Å²) < 4.78 is 8.39. The lowest BCUT2D eigenvalue weighted by atomic mass is 10.3. The standard InChI is InChI=1S/C18H18ClN5O3/c1-13(27-15-6-3-2-5-14(15)19)18(26)20-10-12-24-17(25)8-7-16(22-24)23-11-4-9-21-23/h2-9,11,13H,10,12H2,1H3,(H,20,26)/t13-/m1/s1. The van der Waals surface area contributed by atoms with E-state index >= 15 is 0 Å². The molecular formula is C18H18ClN5O3. The number of aromatic nitrogens is 4. The Bertz CT molecular complexity index is 971. The number of ether oxygens (including phenoxy) is 1. The van der Waals surface area contributed by atoms with Crippen LogP contribution in [0, 0.1) is 0 Å². The van der Waals surface area contributed by atoms with Gasteiger partial charge in [0.1, 0.15) is 5.75 Å². The Morgan fingerprint density at radius 1 is 1.26 bits per heavy atom. The van der Waals surface area contributed by atoms with E-state index in [4.69, 9.17) is 16.3 Å². The minimum atomic E-state index is -0.731. The van der Waals surface area contributed by atoms with Crippen LogP contribution in [0.1, 0.15) is 6.92 Å². The Kier molecular flexibility index (Phi) is 5.87. The molecule has 3 rings (SSSR count). The third-order valence-corrected chi connectivity index (χ3v) is 4.04. The molecule has 9 heteroatoms. The molecule has 0 aliphatic carbocycles. The zero-order valence-corrected chi connectivity index (χ0v) is 15.3. The molecule has 1 amide bonds. The van der Waals surface area contributed by atoms with Gasteiger partial charge in [0.15, 0.2) is 11.9 Å². The maximum absolute atomic E-state index is 12.2. The van der Waals surface area contributed by atoms with Crippen molar-refractivity contribution in [3.8, 4) is 11.6 Å². The molecule has 0 unspecified atom stereocenters. The summed E-state index contributed by atoms with van der Waals surface area (Å²) in [6.07, 6.45) is 2.62. The van der Waals surface area contributed by atoms with Crippen molar-refractivity contribution in [1.82, 2.24) is 24.9 Å². The third kappa shape index (κ3) is 4.73. The highest BCUT2D eigenvalue weighted by Crippen LogP contribution is 2.24. The molecule has 1 aromatic carbocycles.